The van der Waals surface area contributed by atoms with Crippen molar-refractivity contribution in [3.63, 3.8) is 0 Å². The van der Waals surface area contributed by atoms with Crippen molar-refractivity contribution < 1.29 is 24.2 Å². The number of ether oxygens (including phenoxy) is 1. The van der Waals surface area contributed by atoms with Crippen LogP contribution in [0.5, 0.6) is 5.75 Å². The van der Waals surface area contributed by atoms with Gasteiger partial charge in [-0.1, -0.05) is 50.1 Å². The number of methoxy groups -OCH3 is 1. The van der Waals surface area contributed by atoms with Crippen molar-refractivity contribution in [2.75, 3.05) is 12.0 Å². The van der Waals surface area contributed by atoms with Crippen LogP contribution < -0.4 is 10.2 Å². The Hall–Kier alpha value is -3.19. The first-order valence-corrected chi connectivity index (χ1v) is 10.5. The van der Waals surface area contributed by atoms with Crippen molar-refractivity contribution in [2.45, 2.75) is 37.8 Å². The van der Waals surface area contributed by atoms with Gasteiger partial charge in [0.2, 0.25) is 11.8 Å². The third kappa shape index (κ3) is 3.29. The Labute approximate surface area is 181 Å². The minimum Gasteiger partial charge on any atom is -0.508 e. The van der Waals surface area contributed by atoms with E-state index in [4.69, 9.17) is 4.74 Å². The number of fused-ring (bicyclic) bond motifs is 1. The summed E-state index contributed by atoms with van der Waals surface area (Å²) in [6.07, 6.45) is 1.90. The first-order valence-electron chi connectivity index (χ1n) is 10.5. The van der Waals surface area contributed by atoms with Gasteiger partial charge < -0.3 is 9.84 Å². The Morgan fingerprint density at radius 2 is 1.77 bits per heavy atom. The van der Waals surface area contributed by atoms with Gasteiger partial charge in [-0.25, -0.2) is 4.90 Å². The van der Waals surface area contributed by atoms with Crippen LogP contribution in [0.1, 0.15) is 37.8 Å². The smallest absolute Gasteiger partial charge is 0.326 e. The summed E-state index contributed by atoms with van der Waals surface area (Å²) in [5.74, 6) is -2.80. The molecule has 0 spiro atoms. The molecule has 2 amide bonds. The van der Waals surface area contributed by atoms with Crippen LogP contribution in [-0.4, -0.2) is 35.5 Å². The van der Waals surface area contributed by atoms with Gasteiger partial charge in [-0.15, -0.1) is 0 Å². The average molecular weight is 422 g/mol. The van der Waals surface area contributed by atoms with E-state index in [2.05, 4.69) is 5.32 Å². The van der Waals surface area contributed by atoms with Crippen molar-refractivity contribution in [2.24, 2.45) is 11.8 Å². The van der Waals surface area contributed by atoms with Crippen molar-refractivity contribution in [3.05, 3.63) is 60.2 Å². The van der Waals surface area contributed by atoms with E-state index in [1.807, 2.05) is 13.0 Å². The van der Waals surface area contributed by atoms with E-state index in [0.717, 1.165) is 12.0 Å². The molecule has 7 nitrogen and oxygen atoms in total. The first kappa shape index (κ1) is 21.1. The van der Waals surface area contributed by atoms with Crippen LogP contribution in [0.15, 0.2) is 54.6 Å². The third-order valence-corrected chi connectivity index (χ3v) is 6.40. The lowest BCUT2D eigenvalue weighted by Gasteiger charge is -2.32. The first-order chi connectivity index (χ1) is 14.9. The molecule has 0 radical (unpaired) electrons. The predicted molar refractivity (Wildman–Crippen MR) is 114 cm³/mol. The summed E-state index contributed by atoms with van der Waals surface area (Å²) in [5, 5.41) is 13.0. The summed E-state index contributed by atoms with van der Waals surface area (Å²) in [7, 11) is 1.30. The number of imide groups is 1. The van der Waals surface area contributed by atoms with Gasteiger partial charge in [-0.2, -0.15) is 0 Å². The number of hydrogen-bond donors (Lipinski definition) is 2. The molecular weight excluding hydrogens is 396 g/mol. The number of anilines is 1. The van der Waals surface area contributed by atoms with Gasteiger partial charge in [0, 0.05) is 6.04 Å². The zero-order chi connectivity index (χ0) is 22.2. The summed E-state index contributed by atoms with van der Waals surface area (Å²) in [5.41, 5.74) is -0.0782. The van der Waals surface area contributed by atoms with Gasteiger partial charge in [0.05, 0.1) is 24.6 Å². The second-order valence-electron chi connectivity index (χ2n) is 8.13. The van der Waals surface area contributed by atoms with Crippen LogP contribution >= 0.6 is 0 Å². The van der Waals surface area contributed by atoms with E-state index >= 15 is 0 Å². The second kappa shape index (κ2) is 8.15. The normalized spacial score (nSPS) is 27.4. The minimum atomic E-state index is -1.30. The zero-order valence-corrected chi connectivity index (χ0v) is 17.6. The quantitative estimate of drug-likeness (QED) is 0.549. The highest BCUT2D eigenvalue weighted by atomic mass is 16.5. The maximum absolute atomic E-state index is 13.6. The third-order valence-electron chi connectivity index (χ3n) is 6.40. The molecule has 162 valence electrons. The topological polar surface area (TPSA) is 95.9 Å². The minimum absolute atomic E-state index is 0.100. The van der Waals surface area contributed by atoms with Crippen molar-refractivity contribution in [1.82, 2.24) is 5.32 Å². The number of carbonyl (C=O) groups is 3. The number of nitrogens with zero attached hydrogens (tertiary/aromatic N) is 1. The number of esters is 1. The maximum atomic E-state index is 13.6. The van der Waals surface area contributed by atoms with Crippen LogP contribution in [0.25, 0.3) is 0 Å². The molecule has 7 heteroatoms. The predicted octanol–water partition coefficient (Wildman–Crippen LogP) is 2.94. The molecule has 2 aliphatic heterocycles. The number of unbranched alkanes of at least 4 members (excludes halogenated alkanes) is 1. The van der Waals surface area contributed by atoms with Gasteiger partial charge >= 0.3 is 5.97 Å². The number of nitrogens with one attached hydrogen (secondary N) is 1. The molecule has 4 atom stereocenters. The number of aromatic hydroxyl groups is 1. The van der Waals surface area contributed by atoms with Crippen molar-refractivity contribution >= 4 is 23.5 Å². The Balaban J connectivity index is 1.85. The number of benzene rings is 2. The fraction of sp³-hybridized carbons (Fsp3) is 0.375. The molecule has 31 heavy (non-hydrogen) atoms. The highest BCUT2D eigenvalue weighted by Gasteiger charge is 2.68. The standard InChI is InChI=1S/C24H26N2O5/c1-3-4-14-24(23(30)31-2)19-18(20(25-24)15-10-12-17(27)13-11-15)21(28)26(22(19)29)16-8-6-5-7-9-16/h5-13,18-20,25,27H,3-4,14H2,1-2H3/t18-,19+,20+,24-/m0/s1. The molecule has 2 N–H and O–H groups in total. The molecule has 2 aliphatic rings. The van der Waals surface area contributed by atoms with E-state index in [-0.39, 0.29) is 11.7 Å². The lowest BCUT2D eigenvalue weighted by Crippen LogP contribution is -2.56. The Morgan fingerprint density at radius 1 is 1.10 bits per heavy atom. The van der Waals surface area contributed by atoms with Gasteiger partial charge in [-0.3, -0.25) is 19.7 Å². The summed E-state index contributed by atoms with van der Waals surface area (Å²) in [6.45, 7) is 2.01. The molecule has 0 saturated carbocycles. The molecule has 0 aliphatic carbocycles. The summed E-state index contributed by atoms with van der Waals surface area (Å²) >= 11 is 0. The van der Waals surface area contributed by atoms with Crippen molar-refractivity contribution in [3.8, 4) is 5.75 Å². The van der Waals surface area contributed by atoms with Crippen LogP contribution in [0.3, 0.4) is 0 Å². The second-order valence-corrected chi connectivity index (χ2v) is 8.13. The molecule has 2 saturated heterocycles. The summed E-state index contributed by atoms with van der Waals surface area (Å²) in [4.78, 5) is 41.5. The van der Waals surface area contributed by atoms with Gasteiger partial charge in [-0.05, 0) is 36.2 Å². The molecule has 2 aromatic rings. The Morgan fingerprint density at radius 3 is 2.39 bits per heavy atom. The van der Waals surface area contributed by atoms with E-state index in [0.29, 0.717) is 18.5 Å². The molecular formula is C24H26N2O5. The molecule has 4 rings (SSSR count). The Bertz CT molecular complexity index is 991. The summed E-state index contributed by atoms with van der Waals surface area (Å²) in [6, 6.07) is 14.7. The molecule has 2 heterocycles. The highest BCUT2D eigenvalue weighted by Crippen LogP contribution is 2.51. The number of phenolic OH excluding ortho intramolecular Hbond substituents is 1. The highest BCUT2D eigenvalue weighted by molar-refractivity contribution is 6.24. The SMILES string of the molecule is CCCC[C@]1(C(=O)OC)N[C@H](c2ccc(O)cc2)[C@H]2C(=O)N(c3ccccc3)C(=O)[C@@H]21. The lowest BCUT2D eigenvalue weighted by atomic mass is 9.76. The van der Waals surface area contributed by atoms with Crippen LogP contribution in [0.4, 0.5) is 5.69 Å². The van der Waals surface area contributed by atoms with Gasteiger partial charge in [0.25, 0.3) is 0 Å². The van der Waals surface area contributed by atoms with E-state index in [1.54, 1.807) is 36.4 Å². The molecule has 0 bridgehead atoms. The van der Waals surface area contributed by atoms with E-state index < -0.39 is 35.3 Å². The monoisotopic (exact) mass is 422 g/mol. The number of para-hydroxylation sites is 1. The Kier molecular flexibility index (Phi) is 5.54. The van der Waals surface area contributed by atoms with E-state index in [1.165, 1.54) is 24.1 Å². The number of phenols is 1. The van der Waals surface area contributed by atoms with E-state index in [9.17, 15) is 19.5 Å². The number of hydrogen-bond acceptors (Lipinski definition) is 6. The molecule has 0 unspecified atom stereocenters. The van der Waals surface area contributed by atoms with Crippen molar-refractivity contribution in [1.29, 1.82) is 0 Å². The molecule has 2 aromatic carbocycles. The summed E-state index contributed by atoms with van der Waals surface area (Å²) < 4.78 is 5.15. The van der Waals surface area contributed by atoms with Gasteiger partial charge in [0.15, 0.2) is 0 Å². The maximum Gasteiger partial charge on any atom is 0.326 e. The fourth-order valence-electron chi connectivity index (χ4n) is 4.96. The number of amides is 2. The average Bonchev–Trinajstić information content (AvgIpc) is 3.27. The number of carbonyl (C=O) groups excluding carboxylic acids is 3. The van der Waals surface area contributed by atoms with Crippen LogP contribution in [-0.2, 0) is 19.1 Å². The van der Waals surface area contributed by atoms with Crippen LogP contribution in [0.2, 0.25) is 0 Å². The fourth-order valence-corrected chi connectivity index (χ4v) is 4.96. The van der Waals surface area contributed by atoms with Crippen LogP contribution in [0, 0.1) is 11.8 Å². The number of rotatable bonds is 6. The zero-order valence-electron chi connectivity index (χ0n) is 17.6. The molecule has 0 aromatic heterocycles. The lowest BCUT2D eigenvalue weighted by molar-refractivity contribution is -0.152. The largest absolute Gasteiger partial charge is 0.508 e. The van der Waals surface area contributed by atoms with Gasteiger partial charge in [0.1, 0.15) is 11.3 Å². The molecule has 2 fully saturated rings.